The number of halogens is 1. The van der Waals surface area contributed by atoms with Gasteiger partial charge in [0.1, 0.15) is 0 Å². The van der Waals surface area contributed by atoms with Gasteiger partial charge in [0.15, 0.2) is 0 Å². The third-order valence-corrected chi connectivity index (χ3v) is 3.58. The zero-order valence-electron chi connectivity index (χ0n) is 9.60. The normalized spacial score (nSPS) is 21.4. The van der Waals surface area contributed by atoms with Crippen LogP contribution in [-0.4, -0.2) is 29.1 Å². The fraction of sp³-hybridized carbons (Fsp3) is 0.462. The Morgan fingerprint density at radius 1 is 1.47 bits per heavy atom. The minimum Gasteiger partial charge on any atom is -0.481 e. The first-order valence-electron chi connectivity index (χ1n) is 5.85. The van der Waals surface area contributed by atoms with Gasteiger partial charge in [-0.15, -0.1) is 0 Å². The first-order chi connectivity index (χ1) is 8.16. The lowest BCUT2D eigenvalue weighted by atomic mass is 9.98. The van der Waals surface area contributed by atoms with E-state index in [9.17, 15) is 4.79 Å². The van der Waals surface area contributed by atoms with Crippen LogP contribution in [0.25, 0.3) is 0 Å². The molecule has 3 nitrogen and oxygen atoms in total. The summed E-state index contributed by atoms with van der Waals surface area (Å²) < 4.78 is 0. The molecule has 1 atom stereocenters. The van der Waals surface area contributed by atoms with Crippen LogP contribution in [0.4, 0.5) is 0 Å². The summed E-state index contributed by atoms with van der Waals surface area (Å²) in [5.41, 5.74) is 1.07. The smallest absolute Gasteiger partial charge is 0.307 e. The molecule has 1 aromatic carbocycles. The fourth-order valence-electron chi connectivity index (χ4n) is 2.27. The van der Waals surface area contributed by atoms with Crippen molar-refractivity contribution in [1.82, 2.24) is 4.90 Å². The van der Waals surface area contributed by atoms with E-state index in [1.807, 2.05) is 24.3 Å². The van der Waals surface area contributed by atoms with E-state index in [-0.39, 0.29) is 5.92 Å². The van der Waals surface area contributed by atoms with Crippen molar-refractivity contribution < 1.29 is 9.90 Å². The van der Waals surface area contributed by atoms with Gasteiger partial charge in [-0.1, -0.05) is 29.8 Å². The van der Waals surface area contributed by atoms with E-state index in [1.165, 1.54) is 0 Å². The largest absolute Gasteiger partial charge is 0.481 e. The van der Waals surface area contributed by atoms with E-state index in [2.05, 4.69) is 4.90 Å². The highest BCUT2D eigenvalue weighted by molar-refractivity contribution is 6.31. The quantitative estimate of drug-likeness (QED) is 0.900. The Morgan fingerprint density at radius 3 is 2.94 bits per heavy atom. The number of hydrogen-bond donors (Lipinski definition) is 1. The number of nitrogens with zero attached hydrogens (tertiary/aromatic N) is 1. The van der Waals surface area contributed by atoms with E-state index >= 15 is 0 Å². The van der Waals surface area contributed by atoms with Crippen molar-refractivity contribution in [2.24, 2.45) is 5.92 Å². The summed E-state index contributed by atoms with van der Waals surface area (Å²) >= 11 is 6.10. The number of benzene rings is 1. The zero-order chi connectivity index (χ0) is 12.3. The average Bonchev–Trinajstić information content (AvgIpc) is 2.32. The van der Waals surface area contributed by atoms with Crippen molar-refractivity contribution in [3.05, 3.63) is 34.9 Å². The number of carboxylic acids is 1. The summed E-state index contributed by atoms with van der Waals surface area (Å²) in [6.07, 6.45) is 1.73. The summed E-state index contributed by atoms with van der Waals surface area (Å²) in [7, 11) is 0. The van der Waals surface area contributed by atoms with E-state index in [0.717, 1.165) is 36.5 Å². The molecule has 17 heavy (non-hydrogen) atoms. The van der Waals surface area contributed by atoms with Gasteiger partial charge in [0.05, 0.1) is 5.92 Å². The van der Waals surface area contributed by atoms with Gasteiger partial charge >= 0.3 is 5.97 Å². The molecule has 4 heteroatoms. The molecule has 1 aromatic rings. The predicted octanol–water partition coefficient (Wildman–Crippen LogP) is 2.64. The number of rotatable bonds is 3. The fourth-order valence-corrected chi connectivity index (χ4v) is 2.46. The Balaban J connectivity index is 1.99. The van der Waals surface area contributed by atoms with Crippen LogP contribution < -0.4 is 0 Å². The molecule has 0 amide bonds. The van der Waals surface area contributed by atoms with Gasteiger partial charge < -0.3 is 5.11 Å². The van der Waals surface area contributed by atoms with Gasteiger partial charge in [-0.2, -0.15) is 0 Å². The summed E-state index contributed by atoms with van der Waals surface area (Å²) in [4.78, 5) is 13.1. The highest BCUT2D eigenvalue weighted by atomic mass is 35.5. The lowest BCUT2D eigenvalue weighted by molar-refractivity contribution is -0.143. The molecular weight excluding hydrogens is 238 g/mol. The second kappa shape index (κ2) is 5.52. The molecule has 0 radical (unpaired) electrons. The standard InChI is InChI=1S/C13H16ClNO2/c14-12-6-2-1-4-10(12)8-15-7-3-5-11(9-15)13(16)17/h1-2,4,6,11H,3,5,7-9H2,(H,16,17)/t11-/m0/s1. The summed E-state index contributed by atoms with van der Waals surface area (Å²) in [6, 6.07) is 7.73. The summed E-state index contributed by atoms with van der Waals surface area (Å²) in [5, 5.41) is 9.78. The van der Waals surface area contributed by atoms with E-state index < -0.39 is 5.97 Å². The minimum atomic E-state index is -0.686. The molecule has 0 bridgehead atoms. The van der Waals surface area contributed by atoms with E-state index in [0.29, 0.717) is 6.54 Å². The third kappa shape index (κ3) is 3.20. The van der Waals surface area contributed by atoms with Crippen LogP contribution in [0, 0.1) is 5.92 Å². The number of carboxylic acid groups (broad SMARTS) is 1. The Bertz CT molecular complexity index is 408. The molecule has 1 heterocycles. The van der Waals surface area contributed by atoms with Crippen LogP contribution >= 0.6 is 11.6 Å². The molecule has 1 aliphatic rings. The highest BCUT2D eigenvalue weighted by Gasteiger charge is 2.25. The van der Waals surface area contributed by atoms with Crippen molar-refractivity contribution in [2.45, 2.75) is 19.4 Å². The second-order valence-corrected chi connectivity index (χ2v) is 4.91. The molecule has 1 fully saturated rings. The van der Waals surface area contributed by atoms with Gasteiger partial charge in [0, 0.05) is 18.1 Å². The third-order valence-electron chi connectivity index (χ3n) is 3.21. The first kappa shape index (κ1) is 12.4. The highest BCUT2D eigenvalue weighted by Crippen LogP contribution is 2.22. The van der Waals surface area contributed by atoms with Crippen LogP contribution in [-0.2, 0) is 11.3 Å². The monoisotopic (exact) mass is 253 g/mol. The summed E-state index contributed by atoms with van der Waals surface area (Å²) in [6.45, 7) is 2.32. The predicted molar refractivity (Wildman–Crippen MR) is 67.1 cm³/mol. The Kier molecular flexibility index (Phi) is 4.02. The second-order valence-electron chi connectivity index (χ2n) is 4.50. The maximum Gasteiger partial charge on any atom is 0.307 e. The SMILES string of the molecule is O=C(O)[C@H]1CCCN(Cc2ccccc2Cl)C1. The van der Waals surface area contributed by atoms with Crippen LogP contribution in [0.15, 0.2) is 24.3 Å². The number of piperidine rings is 1. The number of carbonyl (C=O) groups is 1. The zero-order valence-corrected chi connectivity index (χ0v) is 10.4. The molecule has 1 N–H and O–H groups in total. The first-order valence-corrected chi connectivity index (χ1v) is 6.23. The Labute approximate surface area is 106 Å². The molecule has 0 unspecified atom stereocenters. The van der Waals surface area contributed by atoms with Crippen LogP contribution in [0.1, 0.15) is 18.4 Å². The molecule has 0 saturated carbocycles. The molecular formula is C13H16ClNO2. The molecule has 0 aliphatic carbocycles. The van der Waals surface area contributed by atoms with Gasteiger partial charge in [0.25, 0.3) is 0 Å². The molecule has 0 aromatic heterocycles. The van der Waals surface area contributed by atoms with Crippen LogP contribution in [0.3, 0.4) is 0 Å². The van der Waals surface area contributed by atoms with Crippen molar-refractivity contribution in [3.63, 3.8) is 0 Å². The molecule has 2 rings (SSSR count). The number of aliphatic carboxylic acids is 1. The molecule has 0 spiro atoms. The van der Waals surface area contributed by atoms with Crippen molar-refractivity contribution >= 4 is 17.6 Å². The van der Waals surface area contributed by atoms with Crippen molar-refractivity contribution in [3.8, 4) is 0 Å². The van der Waals surface area contributed by atoms with Crippen molar-refractivity contribution in [2.75, 3.05) is 13.1 Å². The molecule has 1 aliphatic heterocycles. The number of likely N-dealkylation sites (tertiary alicyclic amines) is 1. The molecule has 92 valence electrons. The van der Waals surface area contributed by atoms with Gasteiger partial charge in [0.2, 0.25) is 0 Å². The number of hydrogen-bond acceptors (Lipinski definition) is 2. The lowest BCUT2D eigenvalue weighted by Gasteiger charge is -2.30. The van der Waals surface area contributed by atoms with Gasteiger partial charge in [-0.3, -0.25) is 9.69 Å². The Morgan fingerprint density at radius 2 is 2.24 bits per heavy atom. The topological polar surface area (TPSA) is 40.5 Å². The summed E-state index contributed by atoms with van der Waals surface area (Å²) in [5.74, 6) is -0.917. The van der Waals surface area contributed by atoms with E-state index in [1.54, 1.807) is 0 Å². The van der Waals surface area contributed by atoms with Crippen LogP contribution in [0.2, 0.25) is 5.02 Å². The van der Waals surface area contributed by atoms with Gasteiger partial charge in [-0.25, -0.2) is 0 Å². The minimum absolute atomic E-state index is 0.230. The van der Waals surface area contributed by atoms with Gasteiger partial charge in [-0.05, 0) is 31.0 Å². The van der Waals surface area contributed by atoms with Crippen LogP contribution in [0.5, 0.6) is 0 Å². The maximum absolute atomic E-state index is 11.0. The lowest BCUT2D eigenvalue weighted by Crippen LogP contribution is -2.38. The molecule has 1 saturated heterocycles. The Hall–Kier alpha value is -1.06. The maximum atomic E-state index is 11.0. The average molecular weight is 254 g/mol. The van der Waals surface area contributed by atoms with E-state index in [4.69, 9.17) is 16.7 Å². The van der Waals surface area contributed by atoms with Crippen molar-refractivity contribution in [1.29, 1.82) is 0 Å².